The van der Waals surface area contributed by atoms with Crippen molar-refractivity contribution in [3.05, 3.63) is 35.7 Å². The summed E-state index contributed by atoms with van der Waals surface area (Å²) in [6.45, 7) is 5.39. The van der Waals surface area contributed by atoms with E-state index in [1.54, 1.807) is 6.07 Å². The van der Waals surface area contributed by atoms with Gasteiger partial charge < -0.3 is 9.64 Å². The molecule has 0 saturated carbocycles. The summed E-state index contributed by atoms with van der Waals surface area (Å²) in [7, 11) is 4.01. The van der Waals surface area contributed by atoms with E-state index in [9.17, 15) is 0 Å². The molecule has 0 aliphatic rings. The van der Waals surface area contributed by atoms with E-state index in [0.717, 1.165) is 17.9 Å². The fourth-order valence-electron chi connectivity index (χ4n) is 1.00. The number of hydrogen-bond acceptors (Lipinski definition) is 2. The molecule has 0 N–H and O–H groups in total. The molecule has 1 rings (SSSR count). The summed E-state index contributed by atoms with van der Waals surface area (Å²) >= 11 is 5.84. The van der Waals surface area contributed by atoms with Crippen molar-refractivity contribution in [3.8, 4) is 5.75 Å². The Kier molecular flexibility index (Phi) is 4.23. The van der Waals surface area contributed by atoms with Crippen LogP contribution in [0.2, 0.25) is 5.02 Å². The van der Waals surface area contributed by atoms with Crippen LogP contribution in [0, 0.1) is 6.92 Å². The summed E-state index contributed by atoms with van der Waals surface area (Å²) in [5.74, 6) is 0.763. The third-order valence-corrected chi connectivity index (χ3v) is 2.06. The highest BCUT2D eigenvalue weighted by Gasteiger charge is 2.00. The SMILES string of the molecule is [CH2]c1ccc(Cl)cc1OCCN(C)C. The predicted octanol–water partition coefficient (Wildman–Crippen LogP) is 2.46. The van der Waals surface area contributed by atoms with Crippen LogP contribution < -0.4 is 4.74 Å². The largest absolute Gasteiger partial charge is 0.492 e. The number of halogens is 1. The monoisotopic (exact) mass is 212 g/mol. The van der Waals surface area contributed by atoms with Crippen molar-refractivity contribution in [2.24, 2.45) is 0 Å². The Morgan fingerprint density at radius 1 is 1.43 bits per heavy atom. The maximum Gasteiger partial charge on any atom is 0.124 e. The van der Waals surface area contributed by atoms with Crippen LogP contribution in [0.3, 0.4) is 0 Å². The molecule has 14 heavy (non-hydrogen) atoms. The Labute approximate surface area is 90.4 Å². The molecule has 0 aromatic heterocycles. The quantitative estimate of drug-likeness (QED) is 0.761. The standard InChI is InChI=1S/C11H15ClNO/c1-9-4-5-10(12)8-11(9)14-7-6-13(2)3/h4-5,8H,1,6-7H2,2-3H3. The van der Waals surface area contributed by atoms with Gasteiger partial charge in [0.2, 0.25) is 0 Å². The summed E-state index contributed by atoms with van der Waals surface area (Å²) < 4.78 is 5.54. The van der Waals surface area contributed by atoms with Gasteiger partial charge in [-0.05, 0) is 38.7 Å². The molecule has 0 heterocycles. The van der Waals surface area contributed by atoms with Crippen LogP contribution in [-0.4, -0.2) is 32.1 Å². The van der Waals surface area contributed by atoms with Gasteiger partial charge in [-0.15, -0.1) is 0 Å². The molecule has 0 atom stereocenters. The summed E-state index contributed by atoms with van der Waals surface area (Å²) in [5, 5.41) is 0.678. The first-order valence-corrected chi connectivity index (χ1v) is 4.86. The first kappa shape index (κ1) is 11.3. The molecule has 2 nitrogen and oxygen atoms in total. The van der Waals surface area contributed by atoms with E-state index in [-0.39, 0.29) is 0 Å². The molecule has 0 saturated heterocycles. The molecule has 1 aromatic rings. The van der Waals surface area contributed by atoms with Gasteiger partial charge in [-0.2, -0.15) is 0 Å². The Bertz CT molecular complexity index is 299. The lowest BCUT2D eigenvalue weighted by Gasteiger charge is -2.12. The average Bonchev–Trinajstić information content (AvgIpc) is 2.10. The van der Waals surface area contributed by atoms with Crippen LogP contribution in [-0.2, 0) is 0 Å². The average molecular weight is 213 g/mol. The molecule has 1 radical (unpaired) electrons. The van der Waals surface area contributed by atoms with Gasteiger partial charge >= 0.3 is 0 Å². The zero-order valence-corrected chi connectivity index (χ0v) is 9.34. The van der Waals surface area contributed by atoms with Crippen LogP contribution in [0.4, 0.5) is 0 Å². The number of ether oxygens (including phenoxy) is 1. The summed E-state index contributed by atoms with van der Waals surface area (Å²) in [4.78, 5) is 2.06. The highest BCUT2D eigenvalue weighted by Crippen LogP contribution is 2.22. The molecule has 0 spiro atoms. The Morgan fingerprint density at radius 2 is 2.14 bits per heavy atom. The number of benzene rings is 1. The third kappa shape index (κ3) is 3.56. The van der Waals surface area contributed by atoms with Gasteiger partial charge in [0.1, 0.15) is 12.4 Å². The Balaban J connectivity index is 2.53. The van der Waals surface area contributed by atoms with Crippen molar-refractivity contribution >= 4 is 11.6 Å². The fraction of sp³-hybridized carbons (Fsp3) is 0.364. The van der Waals surface area contributed by atoms with Crippen LogP contribution >= 0.6 is 11.6 Å². The van der Waals surface area contributed by atoms with Crippen molar-refractivity contribution in [2.45, 2.75) is 0 Å². The second-order valence-corrected chi connectivity index (χ2v) is 3.84. The van der Waals surface area contributed by atoms with Crippen LogP contribution in [0.15, 0.2) is 18.2 Å². The predicted molar refractivity (Wildman–Crippen MR) is 60.0 cm³/mol. The second kappa shape index (κ2) is 5.23. The van der Waals surface area contributed by atoms with E-state index in [4.69, 9.17) is 16.3 Å². The third-order valence-electron chi connectivity index (χ3n) is 1.83. The van der Waals surface area contributed by atoms with Crippen molar-refractivity contribution in [2.75, 3.05) is 27.2 Å². The zero-order chi connectivity index (χ0) is 10.6. The maximum atomic E-state index is 5.84. The Hall–Kier alpha value is -0.730. The fourth-order valence-corrected chi connectivity index (χ4v) is 1.16. The van der Waals surface area contributed by atoms with E-state index in [1.807, 2.05) is 26.2 Å². The molecule has 3 heteroatoms. The zero-order valence-electron chi connectivity index (χ0n) is 8.59. The van der Waals surface area contributed by atoms with E-state index in [0.29, 0.717) is 11.6 Å². The Morgan fingerprint density at radius 3 is 2.79 bits per heavy atom. The van der Waals surface area contributed by atoms with Gasteiger partial charge in [-0.1, -0.05) is 17.7 Å². The lowest BCUT2D eigenvalue weighted by atomic mass is 10.2. The number of nitrogens with zero attached hydrogens (tertiary/aromatic N) is 1. The molecule has 0 bridgehead atoms. The molecule has 77 valence electrons. The highest BCUT2D eigenvalue weighted by molar-refractivity contribution is 6.30. The van der Waals surface area contributed by atoms with Gasteiger partial charge in [0.25, 0.3) is 0 Å². The highest BCUT2D eigenvalue weighted by atomic mass is 35.5. The van der Waals surface area contributed by atoms with Crippen LogP contribution in [0.1, 0.15) is 5.56 Å². The minimum atomic E-state index is 0.649. The van der Waals surface area contributed by atoms with Gasteiger partial charge in [0, 0.05) is 11.6 Å². The van der Waals surface area contributed by atoms with E-state index >= 15 is 0 Å². The number of likely N-dealkylation sites (N-methyl/N-ethyl adjacent to an activating group) is 1. The molecule has 0 aliphatic heterocycles. The molecule has 1 aromatic carbocycles. The van der Waals surface area contributed by atoms with Crippen LogP contribution in [0.25, 0.3) is 0 Å². The van der Waals surface area contributed by atoms with Crippen molar-refractivity contribution in [1.82, 2.24) is 4.90 Å². The molecule has 0 unspecified atom stereocenters. The molecular formula is C11H15ClNO. The molecule has 0 aliphatic carbocycles. The topological polar surface area (TPSA) is 12.5 Å². The van der Waals surface area contributed by atoms with Gasteiger partial charge in [0.15, 0.2) is 0 Å². The minimum Gasteiger partial charge on any atom is -0.492 e. The van der Waals surface area contributed by atoms with Crippen LogP contribution in [0.5, 0.6) is 5.75 Å². The molecular weight excluding hydrogens is 198 g/mol. The number of hydrogen-bond donors (Lipinski definition) is 0. The van der Waals surface area contributed by atoms with Crippen molar-refractivity contribution in [1.29, 1.82) is 0 Å². The first-order valence-electron chi connectivity index (χ1n) is 4.48. The first-order chi connectivity index (χ1) is 6.59. The van der Waals surface area contributed by atoms with E-state index < -0.39 is 0 Å². The lowest BCUT2D eigenvalue weighted by Crippen LogP contribution is -2.19. The van der Waals surface area contributed by atoms with Gasteiger partial charge in [-0.25, -0.2) is 0 Å². The van der Waals surface area contributed by atoms with E-state index in [1.165, 1.54) is 0 Å². The summed E-state index contributed by atoms with van der Waals surface area (Å²) in [5.41, 5.74) is 0.869. The normalized spacial score (nSPS) is 10.6. The molecule has 0 amide bonds. The van der Waals surface area contributed by atoms with Gasteiger partial charge in [0.05, 0.1) is 0 Å². The minimum absolute atomic E-state index is 0.649. The van der Waals surface area contributed by atoms with Crippen molar-refractivity contribution in [3.63, 3.8) is 0 Å². The smallest absolute Gasteiger partial charge is 0.124 e. The van der Waals surface area contributed by atoms with Crippen molar-refractivity contribution < 1.29 is 4.74 Å². The lowest BCUT2D eigenvalue weighted by molar-refractivity contribution is 0.260. The van der Waals surface area contributed by atoms with Gasteiger partial charge in [-0.3, -0.25) is 0 Å². The molecule has 0 fully saturated rings. The summed E-state index contributed by atoms with van der Waals surface area (Å²) in [6, 6.07) is 5.45. The van der Waals surface area contributed by atoms with E-state index in [2.05, 4.69) is 11.8 Å². The second-order valence-electron chi connectivity index (χ2n) is 3.40. The summed E-state index contributed by atoms with van der Waals surface area (Å²) in [6.07, 6.45) is 0. The maximum absolute atomic E-state index is 5.84. The number of rotatable bonds is 4.